The largest absolute Gasteiger partial charge is 0.228 e. The van der Waals surface area contributed by atoms with Crippen molar-refractivity contribution in [1.82, 2.24) is 19.9 Å². The van der Waals surface area contributed by atoms with Crippen LogP contribution in [-0.2, 0) is 0 Å². The van der Waals surface area contributed by atoms with E-state index in [1.165, 1.54) is 4.70 Å². The van der Waals surface area contributed by atoms with Gasteiger partial charge in [0.05, 0.1) is 27.3 Å². The van der Waals surface area contributed by atoms with Crippen LogP contribution < -0.4 is 0 Å². The smallest absolute Gasteiger partial charge is 0.160 e. The Labute approximate surface area is 253 Å². The number of rotatable bonds is 5. The minimum atomic E-state index is 0.678. The van der Waals surface area contributed by atoms with E-state index >= 15 is 0 Å². The summed E-state index contributed by atoms with van der Waals surface area (Å²) in [4.78, 5) is 20.2. The molecule has 0 aliphatic rings. The highest BCUT2D eigenvalue weighted by Gasteiger charge is 2.17. The molecule has 0 radical (unpaired) electrons. The number of benzene rings is 5. The molecule has 0 fully saturated rings. The summed E-state index contributed by atoms with van der Waals surface area (Å²) in [6, 6.07) is 49.6. The summed E-state index contributed by atoms with van der Waals surface area (Å²) in [5, 5.41) is 1.15. The molecule has 202 valence electrons. The first-order valence-corrected chi connectivity index (χ1v) is 15.0. The Morgan fingerprint density at radius 2 is 0.884 bits per heavy atom. The molecule has 0 spiro atoms. The fraction of sp³-hybridized carbons (Fsp3) is 0. The maximum atomic E-state index is 5.11. The van der Waals surface area contributed by atoms with Crippen LogP contribution >= 0.6 is 11.3 Å². The van der Waals surface area contributed by atoms with Gasteiger partial charge in [0, 0.05) is 37.9 Å². The first-order valence-electron chi connectivity index (χ1n) is 14.2. The minimum absolute atomic E-state index is 0.678. The summed E-state index contributed by atoms with van der Waals surface area (Å²) in [6.45, 7) is 0. The zero-order valence-electron chi connectivity index (χ0n) is 23.1. The molecule has 5 aromatic carbocycles. The number of nitrogens with zero attached hydrogens (tertiary/aromatic N) is 4. The van der Waals surface area contributed by atoms with Crippen molar-refractivity contribution in [2.24, 2.45) is 0 Å². The molecule has 0 bridgehead atoms. The van der Waals surface area contributed by atoms with Gasteiger partial charge in [-0.15, -0.1) is 11.3 Å². The lowest BCUT2D eigenvalue weighted by Crippen LogP contribution is -1.96. The zero-order chi connectivity index (χ0) is 28.6. The Kier molecular flexibility index (Phi) is 6.28. The van der Waals surface area contributed by atoms with Gasteiger partial charge >= 0.3 is 0 Å². The van der Waals surface area contributed by atoms with Crippen LogP contribution in [0.25, 0.3) is 76.9 Å². The van der Waals surface area contributed by atoms with Crippen LogP contribution in [0.15, 0.2) is 146 Å². The lowest BCUT2D eigenvalue weighted by atomic mass is 10.1. The van der Waals surface area contributed by atoms with Crippen LogP contribution in [0.1, 0.15) is 0 Å². The third-order valence-electron chi connectivity index (χ3n) is 7.53. The summed E-state index contributed by atoms with van der Waals surface area (Å²) in [6.07, 6.45) is 0. The second-order valence-electron chi connectivity index (χ2n) is 10.3. The van der Waals surface area contributed by atoms with Gasteiger partial charge in [-0.1, -0.05) is 133 Å². The van der Waals surface area contributed by atoms with Crippen molar-refractivity contribution in [3.63, 3.8) is 0 Å². The maximum Gasteiger partial charge on any atom is 0.160 e. The molecule has 3 aromatic heterocycles. The van der Waals surface area contributed by atoms with Gasteiger partial charge in [0.25, 0.3) is 0 Å². The average molecular weight is 569 g/mol. The van der Waals surface area contributed by atoms with E-state index in [-0.39, 0.29) is 0 Å². The number of hydrogen-bond donors (Lipinski definition) is 0. The van der Waals surface area contributed by atoms with Gasteiger partial charge in [-0.05, 0) is 12.1 Å². The Morgan fingerprint density at radius 3 is 1.47 bits per heavy atom. The van der Waals surface area contributed by atoms with Crippen LogP contribution in [-0.4, -0.2) is 19.9 Å². The van der Waals surface area contributed by atoms with Gasteiger partial charge < -0.3 is 0 Å². The molecule has 0 aliphatic carbocycles. The molecule has 3 heterocycles. The van der Waals surface area contributed by atoms with E-state index in [1.807, 2.05) is 42.5 Å². The number of fused-ring (bicyclic) bond motifs is 3. The summed E-state index contributed by atoms with van der Waals surface area (Å²) in [5.41, 5.74) is 8.79. The van der Waals surface area contributed by atoms with Crippen molar-refractivity contribution in [3.05, 3.63) is 146 Å². The van der Waals surface area contributed by atoms with Crippen LogP contribution in [0.4, 0.5) is 0 Å². The zero-order valence-corrected chi connectivity index (χ0v) is 23.9. The van der Waals surface area contributed by atoms with E-state index in [9.17, 15) is 0 Å². The molecule has 0 N–H and O–H groups in total. The quantitative estimate of drug-likeness (QED) is 0.207. The highest BCUT2D eigenvalue weighted by molar-refractivity contribution is 7.26. The van der Waals surface area contributed by atoms with Crippen molar-refractivity contribution in [2.75, 3.05) is 0 Å². The standard InChI is InChI=1S/C38H24N4S/c1-4-12-25(13-5-1)31-24-32(26-14-6-2-7-15-26)40-37(39-31)28-20-22-29(23-21-28)38-41-34(27-16-8-3-9-17-27)36-35(42-38)30-18-10-11-19-33(30)43-36/h1-24H. The highest BCUT2D eigenvalue weighted by Crippen LogP contribution is 2.39. The van der Waals surface area contributed by atoms with E-state index in [2.05, 4.69) is 103 Å². The summed E-state index contributed by atoms with van der Waals surface area (Å²) >= 11 is 1.74. The monoisotopic (exact) mass is 568 g/mol. The Hall–Kier alpha value is -5.52. The van der Waals surface area contributed by atoms with Crippen molar-refractivity contribution in [3.8, 4) is 56.5 Å². The van der Waals surface area contributed by atoms with E-state index in [1.54, 1.807) is 11.3 Å². The lowest BCUT2D eigenvalue weighted by molar-refractivity contribution is 1.18. The second-order valence-corrected chi connectivity index (χ2v) is 11.4. The average Bonchev–Trinajstić information content (AvgIpc) is 3.48. The molecule has 0 unspecified atom stereocenters. The van der Waals surface area contributed by atoms with Crippen LogP contribution in [0.2, 0.25) is 0 Å². The highest BCUT2D eigenvalue weighted by atomic mass is 32.1. The van der Waals surface area contributed by atoms with Crippen molar-refractivity contribution in [2.45, 2.75) is 0 Å². The molecule has 8 rings (SSSR count). The SMILES string of the molecule is c1ccc(-c2cc(-c3ccccc3)nc(-c3ccc(-c4nc(-c5ccccc5)c5sc6ccccc6c5n4)cc3)n2)cc1. The fourth-order valence-corrected chi connectivity index (χ4v) is 6.52. The fourth-order valence-electron chi connectivity index (χ4n) is 5.37. The topological polar surface area (TPSA) is 51.6 Å². The summed E-state index contributed by atoms with van der Waals surface area (Å²) in [5.74, 6) is 1.38. The number of aromatic nitrogens is 4. The molecule has 8 aromatic rings. The first kappa shape index (κ1) is 25.2. The minimum Gasteiger partial charge on any atom is -0.228 e. The third kappa shape index (κ3) is 4.76. The molecule has 0 atom stereocenters. The lowest BCUT2D eigenvalue weighted by Gasteiger charge is -2.10. The van der Waals surface area contributed by atoms with Gasteiger partial charge in [0.2, 0.25) is 0 Å². The van der Waals surface area contributed by atoms with Gasteiger partial charge in [-0.3, -0.25) is 0 Å². The molecular formula is C38H24N4S. The predicted octanol–water partition coefficient (Wildman–Crippen LogP) is 9.97. The molecule has 0 aliphatic heterocycles. The van der Waals surface area contributed by atoms with Crippen molar-refractivity contribution in [1.29, 1.82) is 0 Å². The molecule has 43 heavy (non-hydrogen) atoms. The number of hydrogen-bond acceptors (Lipinski definition) is 5. The van der Waals surface area contributed by atoms with Crippen molar-refractivity contribution < 1.29 is 0 Å². The molecule has 5 heteroatoms. The van der Waals surface area contributed by atoms with Gasteiger partial charge in [0.15, 0.2) is 11.6 Å². The maximum absolute atomic E-state index is 5.11. The first-order chi connectivity index (χ1) is 21.3. The summed E-state index contributed by atoms with van der Waals surface area (Å²) in [7, 11) is 0. The third-order valence-corrected chi connectivity index (χ3v) is 8.70. The molecule has 0 saturated carbocycles. The van der Waals surface area contributed by atoms with Gasteiger partial charge in [0.1, 0.15) is 0 Å². The predicted molar refractivity (Wildman–Crippen MR) is 178 cm³/mol. The second kappa shape index (κ2) is 10.7. The van der Waals surface area contributed by atoms with E-state index in [0.717, 1.165) is 60.5 Å². The van der Waals surface area contributed by atoms with Gasteiger partial charge in [-0.2, -0.15) is 0 Å². The Balaban J connectivity index is 1.25. The molecule has 4 nitrogen and oxygen atoms in total. The van der Waals surface area contributed by atoms with Crippen LogP contribution in [0.3, 0.4) is 0 Å². The normalized spacial score (nSPS) is 11.3. The van der Waals surface area contributed by atoms with Crippen molar-refractivity contribution >= 4 is 31.6 Å². The van der Waals surface area contributed by atoms with E-state index in [0.29, 0.717) is 11.6 Å². The molecule has 0 saturated heterocycles. The Bertz CT molecular complexity index is 2150. The molecular weight excluding hydrogens is 545 g/mol. The van der Waals surface area contributed by atoms with E-state index < -0.39 is 0 Å². The Morgan fingerprint density at radius 1 is 0.395 bits per heavy atom. The summed E-state index contributed by atoms with van der Waals surface area (Å²) < 4.78 is 2.31. The van der Waals surface area contributed by atoms with Crippen LogP contribution in [0.5, 0.6) is 0 Å². The number of thiophene rings is 1. The van der Waals surface area contributed by atoms with Crippen LogP contribution in [0, 0.1) is 0 Å². The van der Waals surface area contributed by atoms with Gasteiger partial charge in [-0.25, -0.2) is 19.9 Å². The molecule has 0 amide bonds. The van der Waals surface area contributed by atoms with E-state index in [4.69, 9.17) is 19.9 Å².